The molecule has 0 heterocycles. The molecule has 0 unspecified atom stereocenters. The average molecular weight is 628 g/mol. The molecule has 1 N–H and O–H groups in total. The lowest BCUT2D eigenvalue weighted by Crippen LogP contribution is -2.13. The molecule has 0 bridgehead atoms. The van der Waals surface area contributed by atoms with Crippen LogP contribution >= 0.6 is 57.4 Å². The second kappa shape index (κ2) is 12.3. The summed E-state index contributed by atoms with van der Waals surface area (Å²) in [5.41, 5.74) is 1.89. The zero-order chi connectivity index (χ0) is 24.7. The van der Waals surface area contributed by atoms with Gasteiger partial charge < -0.3 is 14.8 Å². The molecule has 0 saturated carbocycles. The first kappa shape index (κ1) is 26.2. The third-order valence-corrected chi connectivity index (χ3v) is 6.23. The van der Waals surface area contributed by atoms with E-state index in [1.807, 2.05) is 19.1 Å². The van der Waals surface area contributed by atoms with Gasteiger partial charge in [0.05, 0.1) is 20.2 Å². The summed E-state index contributed by atoms with van der Waals surface area (Å²) in [5, 5.41) is 13.6. The van der Waals surface area contributed by atoms with E-state index in [1.165, 1.54) is 6.08 Å². The van der Waals surface area contributed by atoms with Gasteiger partial charge in [-0.2, -0.15) is 5.26 Å². The van der Waals surface area contributed by atoms with E-state index in [2.05, 4.69) is 27.9 Å². The molecular formula is C25H18Cl3IN2O3. The van der Waals surface area contributed by atoms with Crippen molar-refractivity contribution < 1.29 is 14.3 Å². The molecule has 5 nitrogen and oxygen atoms in total. The summed E-state index contributed by atoms with van der Waals surface area (Å²) in [4.78, 5) is 12.6. The van der Waals surface area contributed by atoms with Gasteiger partial charge in [0, 0.05) is 10.7 Å². The third-order valence-electron chi connectivity index (χ3n) is 4.46. The molecule has 3 aromatic carbocycles. The monoisotopic (exact) mass is 626 g/mol. The number of hydrogen-bond donors (Lipinski definition) is 1. The van der Waals surface area contributed by atoms with Gasteiger partial charge in [0.1, 0.15) is 18.2 Å². The second-order valence-electron chi connectivity index (χ2n) is 6.93. The predicted molar refractivity (Wildman–Crippen MR) is 145 cm³/mol. The van der Waals surface area contributed by atoms with Gasteiger partial charge in [0.25, 0.3) is 5.91 Å². The minimum Gasteiger partial charge on any atom is -0.490 e. The van der Waals surface area contributed by atoms with Crippen molar-refractivity contribution in [1.82, 2.24) is 0 Å². The Bertz CT molecular complexity index is 1290. The minimum atomic E-state index is -0.544. The highest BCUT2D eigenvalue weighted by Gasteiger charge is 2.15. The van der Waals surface area contributed by atoms with Crippen molar-refractivity contribution in [3.8, 4) is 17.6 Å². The lowest BCUT2D eigenvalue weighted by Gasteiger charge is -2.15. The van der Waals surface area contributed by atoms with Gasteiger partial charge in [-0.1, -0.05) is 46.9 Å². The summed E-state index contributed by atoms with van der Waals surface area (Å²) >= 11 is 20.2. The number of carbonyl (C=O) groups excluding carboxylic acids is 1. The quantitative estimate of drug-likeness (QED) is 0.157. The van der Waals surface area contributed by atoms with Gasteiger partial charge >= 0.3 is 0 Å². The van der Waals surface area contributed by atoms with Crippen LogP contribution < -0.4 is 14.8 Å². The SMILES string of the molecule is CCOc1cc(/C=C(\C#N)C(=O)Nc2cccc(Cl)c2)cc(I)c1OCc1ccc(Cl)c(Cl)c1. The fourth-order valence-corrected chi connectivity index (χ4v) is 4.23. The Kier molecular flexibility index (Phi) is 9.48. The lowest BCUT2D eigenvalue weighted by atomic mass is 10.1. The summed E-state index contributed by atoms with van der Waals surface area (Å²) in [6, 6.07) is 17.4. The summed E-state index contributed by atoms with van der Waals surface area (Å²) in [6.07, 6.45) is 1.49. The number of nitrogens with zero attached hydrogens (tertiary/aromatic N) is 1. The topological polar surface area (TPSA) is 71.3 Å². The second-order valence-corrected chi connectivity index (χ2v) is 9.35. The standard InChI is InChI=1S/C25H18Cl3IN2O3/c1-2-33-23-11-16(8-17(13-30)25(32)31-19-5-3-4-18(26)12-19)10-22(29)24(23)34-14-15-6-7-20(27)21(28)9-15/h3-12H,2,14H2,1H3,(H,31,32)/b17-8+. The zero-order valence-electron chi connectivity index (χ0n) is 17.9. The van der Waals surface area contributed by atoms with E-state index in [4.69, 9.17) is 44.3 Å². The number of rotatable bonds is 8. The molecule has 0 spiro atoms. The van der Waals surface area contributed by atoms with Crippen LogP contribution in [0.3, 0.4) is 0 Å². The van der Waals surface area contributed by atoms with Gasteiger partial charge in [-0.05, 0) is 89.2 Å². The van der Waals surface area contributed by atoms with E-state index >= 15 is 0 Å². The number of nitrogens with one attached hydrogen (secondary N) is 1. The highest BCUT2D eigenvalue weighted by atomic mass is 127. The first-order valence-electron chi connectivity index (χ1n) is 10.0. The normalized spacial score (nSPS) is 11.0. The molecule has 174 valence electrons. The Morgan fingerprint density at radius 2 is 1.88 bits per heavy atom. The predicted octanol–water partition coefficient (Wildman–Crippen LogP) is 7.77. The van der Waals surface area contributed by atoms with Crippen LogP contribution in [0.5, 0.6) is 11.5 Å². The molecule has 0 aliphatic heterocycles. The Labute approximate surface area is 226 Å². The van der Waals surface area contributed by atoms with Crippen molar-refractivity contribution in [3.05, 3.63) is 89.9 Å². The minimum absolute atomic E-state index is 0.0669. The van der Waals surface area contributed by atoms with Gasteiger partial charge in [-0.15, -0.1) is 0 Å². The number of halogens is 4. The van der Waals surface area contributed by atoms with Gasteiger partial charge in [0.15, 0.2) is 11.5 Å². The molecule has 0 atom stereocenters. The zero-order valence-corrected chi connectivity index (χ0v) is 22.3. The number of benzene rings is 3. The Morgan fingerprint density at radius 1 is 1.09 bits per heavy atom. The van der Waals surface area contributed by atoms with E-state index in [9.17, 15) is 10.1 Å². The fraction of sp³-hybridized carbons (Fsp3) is 0.120. The van der Waals surface area contributed by atoms with Gasteiger partial charge in [-0.25, -0.2) is 0 Å². The average Bonchev–Trinajstić information content (AvgIpc) is 2.79. The molecular weight excluding hydrogens is 610 g/mol. The molecule has 0 fully saturated rings. The van der Waals surface area contributed by atoms with E-state index in [0.29, 0.717) is 44.4 Å². The Balaban J connectivity index is 1.85. The molecule has 3 aromatic rings. The number of nitriles is 1. The molecule has 0 aromatic heterocycles. The van der Waals surface area contributed by atoms with E-state index in [-0.39, 0.29) is 12.2 Å². The number of ether oxygens (including phenoxy) is 2. The molecule has 1 amide bonds. The third kappa shape index (κ3) is 7.03. The highest BCUT2D eigenvalue weighted by Crippen LogP contribution is 2.36. The summed E-state index contributed by atoms with van der Waals surface area (Å²) in [6.45, 7) is 2.53. The van der Waals surface area contributed by atoms with E-state index in [0.717, 1.165) is 9.13 Å². The van der Waals surface area contributed by atoms with Crippen LogP contribution in [-0.2, 0) is 11.4 Å². The number of carbonyl (C=O) groups is 1. The molecule has 0 saturated heterocycles. The van der Waals surface area contributed by atoms with Crippen LogP contribution in [0.1, 0.15) is 18.1 Å². The summed E-state index contributed by atoms with van der Waals surface area (Å²) < 4.78 is 12.5. The number of amides is 1. The van der Waals surface area contributed by atoms with Gasteiger partial charge in [-0.3, -0.25) is 4.79 Å². The lowest BCUT2D eigenvalue weighted by molar-refractivity contribution is -0.112. The fourth-order valence-electron chi connectivity index (χ4n) is 2.94. The van der Waals surface area contributed by atoms with Crippen molar-refractivity contribution in [2.45, 2.75) is 13.5 Å². The highest BCUT2D eigenvalue weighted by molar-refractivity contribution is 14.1. The summed E-state index contributed by atoms with van der Waals surface area (Å²) in [7, 11) is 0. The van der Waals surface area contributed by atoms with E-state index in [1.54, 1.807) is 48.5 Å². The maximum Gasteiger partial charge on any atom is 0.266 e. The summed E-state index contributed by atoms with van der Waals surface area (Å²) in [5.74, 6) is 0.499. The molecule has 0 aliphatic rings. The Hall–Kier alpha value is -2.44. The molecule has 34 heavy (non-hydrogen) atoms. The van der Waals surface area contributed by atoms with Crippen molar-refractivity contribution >= 4 is 75.1 Å². The molecule has 0 aliphatic carbocycles. The van der Waals surface area contributed by atoms with Crippen molar-refractivity contribution in [1.29, 1.82) is 5.26 Å². The maximum atomic E-state index is 12.6. The van der Waals surface area contributed by atoms with Gasteiger partial charge in [0.2, 0.25) is 0 Å². The van der Waals surface area contributed by atoms with Crippen LogP contribution in [0.4, 0.5) is 5.69 Å². The maximum absolute atomic E-state index is 12.6. The molecule has 9 heteroatoms. The largest absolute Gasteiger partial charge is 0.490 e. The Morgan fingerprint density at radius 3 is 2.56 bits per heavy atom. The van der Waals surface area contributed by atoms with Crippen molar-refractivity contribution in [2.75, 3.05) is 11.9 Å². The van der Waals surface area contributed by atoms with Crippen molar-refractivity contribution in [2.24, 2.45) is 0 Å². The van der Waals surface area contributed by atoms with Crippen molar-refractivity contribution in [3.63, 3.8) is 0 Å². The van der Waals surface area contributed by atoms with Crippen LogP contribution in [0, 0.1) is 14.9 Å². The molecule has 0 radical (unpaired) electrons. The van der Waals surface area contributed by atoms with Crippen LogP contribution in [0.15, 0.2) is 60.2 Å². The molecule has 3 rings (SSSR count). The number of anilines is 1. The smallest absolute Gasteiger partial charge is 0.266 e. The van der Waals surface area contributed by atoms with Crippen LogP contribution in [0.2, 0.25) is 15.1 Å². The number of hydrogen-bond acceptors (Lipinski definition) is 4. The van der Waals surface area contributed by atoms with E-state index < -0.39 is 5.91 Å². The first-order chi connectivity index (χ1) is 16.3. The first-order valence-corrected chi connectivity index (χ1v) is 12.2. The van der Waals surface area contributed by atoms with Crippen LogP contribution in [0.25, 0.3) is 6.08 Å². The van der Waals surface area contributed by atoms with Crippen LogP contribution in [-0.4, -0.2) is 12.5 Å².